The summed E-state index contributed by atoms with van der Waals surface area (Å²) in [4.78, 5) is 37.0. The number of Topliss-reactive ketones (excluding diaryl/α,β-unsaturated/α-hetero) is 1. The van der Waals surface area contributed by atoms with E-state index in [4.69, 9.17) is 18.9 Å². The minimum atomic E-state index is -2.43. The molecule has 1 aliphatic carbocycles. The number of esters is 2. The van der Waals surface area contributed by atoms with E-state index in [1.807, 2.05) is 0 Å². The van der Waals surface area contributed by atoms with Crippen molar-refractivity contribution in [3.8, 4) is 11.5 Å². The molecule has 0 saturated carbocycles. The van der Waals surface area contributed by atoms with E-state index in [1.165, 1.54) is 36.4 Å². The summed E-state index contributed by atoms with van der Waals surface area (Å²) >= 11 is 0. The Labute approximate surface area is 222 Å². The second-order valence-corrected chi connectivity index (χ2v) is 9.06. The lowest BCUT2D eigenvalue weighted by atomic mass is 9.90. The third-order valence-electron chi connectivity index (χ3n) is 6.35. The average molecular weight is 545 g/mol. The van der Waals surface area contributed by atoms with E-state index < -0.39 is 67.2 Å². The van der Waals surface area contributed by atoms with Gasteiger partial charge in [0.2, 0.25) is 11.9 Å². The van der Waals surface area contributed by atoms with Crippen LogP contribution >= 0.6 is 0 Å². The standard InChI is InChI=1S/C27H28O12/c28-13-19-23(39-24(33)15-6-2-1-3-7-15)21(31)22(32)25(38-19)37-18-10-9-17(29)12-16(18)14-36-26(34)27(35)11-5-4-8-20(27)30/h1-3,5-7,9-12,19,21-23,25,28-29,31-32,35H,4,8,13-14H2/t19-,21+,22-,23-,25-,27-/m1/s1. The Morgan fingerprint density at radius 2 is 1.82 bits per heavy atom. The summed E-state index contributed by atoms with van der Waals surface area (Å²) in [7, 11) is 0. The van der Waals surface area contributed by atoms with E-state index in [2.05, 4.69) is 0 Å². The smallest absolute Gasteiger partial charge is 0.350 e. The van der Waals surface area contributed by atoms with Crippen LogP contribution in [-0.2, 0) is 30.4 Å². The van der Waals surface area contributed by atoms with E-state index in [-0.39, 0.29) is 29.0 Å². The fourth-order valence-electron chi connectivity index (χ4n) is 4.17. The molecule has 1 aliphatic heterocycles. The highest BCUT2D eigenvalue weighted by Crippen LogP contribution is 2.31. The Balaban J connectivity index is 1.46. The van der Waals surface area contributed by atoms with E-state index in [0.717, 1.165) is 6.08 Å². The van der Waals surface area contributed by atoms with Crippen LogP contribution in [0.15, 0.2) is 60.7 Å². The predicted molar refractivity (Wildman–Crippen MR) is 130 cm³/mol. The fourth-order valence-corrected chi connectivity index (χ4v) is 4.17. The molecule has 6 atom stereocenters. The van der Waals surface area contributed by atoms with Crippen LogP contribution in [0.4, 0.5) is 0 Å². The number of ether oxygens (including phenoxy) is 4. The second-order valence-electron chi connectivity index (χ2n) is 9.06. The summed E-state index contributed by atoms with van der Waals surface area (Å²) in [5.74, 6) is -3.01. The zero-order valence-corrected chi connectivity index (χ0v) is 20.6. The molecule has 1 heterocycles. The van der Waals surface area contributed by atoms with Gasteiger partial charge in [0.15, 0.2) is 11.9 Å². The molecule has 1 fully saturated rings. The molecule has 0 amide bonds. The number of rotatable bonds is 8. The van der Waals surface area contributed by atoms with E-state index in [0.29, 0.717) is 6.42 Å². The number of carbonyl (C=O) groups excluding carboxylic acids is 3. The van der Waals surface area contributed by atoms with Gasteiger partial charge in [0.1, 0.15) is 36.4 Å². The Morgan fingerprint density at radius 1 is 1.08 bits per heavy atom. The van der Waals surface area contributed by atoms with Gasteiger partial charge in [-0.05, 0) is 42.8 Å². The molecule has 4 rings (SSSR count). The molecule has 0 unspecified atom stereocenters. The van der Waals surface area contributed by atoms with Crippen molar-refractivity contribution >= 4 is 17.7 Å². The van der Waals surface area contributed by atoms with Gasteiger partial charge in [-0.25, -0.2) is 9.59 Å². The van der Waals surface area contributed by atoms with Crippen LogP contribution in [0.2, 0.25) is 0 Å². The van der Waals surface area contributed by atoms with Crippen LogP contribution in [0, 0.1) is 0 Å². The molecule has 0 aromatic heterocycles. The first-order valence-corrected chi connectivity index (χ1v) is 12.1. The summed E-state index contributed by atoms with van der Waals surface area (Å²) in [6, 6.07) is 11.6. The fraction of sp³-hybridized carbons (Fsp3) is 0.370. The first-order valence-electron chi connectivity index (χ1n) is 12.1. The summed E-state index contributed by atoms with van der Waals surface area (Å²) < 4.78 is 21.7. The maximum atomic E-state index is 12.5. The summed E-state index contributed by atoms with van der Waals surface area (Å²) in [6.07, 6.45) is -4.86. The van der Waals surface area contributed by atoms with Crippen molar-refractivity contribution in [2.75, 3.05) is 6.61 Å². The molecule has 0 spiro atoms. The Bertz CT molecular complexity index is 1230. The van der Waals surface area contributed by atoms with Gasteiger partial charge in [-0.15, -0.1) is 0 Å². The Kier molecular flexibility index (Phi) is 8.63. The second kappa shape index (κ2) is 11.9. The quantitative estimate of drug-likeness (QED) is 0.172. The van der Waals surface area contributed by atoms with Gasteiger partial charge in [0.05, 0.1) is 12.2 Å². The van der Waals surface area contributed by atoms with Crippen LogP contribution in [-0.4, -0.2) is 86.2 Å². The molecule has 39 heavy (non-hydrogen) atoms. The topological polar surface area (TPSA) is 189 Å². The lowest BCUT2D eigenvalue weighted by Crippen LogP contribution is -2.61. The first kappa shape index (κ1) is 28.2. The van der Waals surface area contributed by atoms with Gasteiger partial charge in [-0.3, -0.25) is 4.79 Å². The molecule has 5 N–H and O–H groups in total. The molecule has 2 aromatic carbocycles. The van der Waals surface area contributed by atoms with Crippen molar-refractivity contribution in [1.29, 1.82) is 0 Å². The van der Waals surface area contributed by atoms with Crippen molar-refractivity contribution in [3.05, 3.63) is 71.8 Å². The van der Waals surface area contributed by atoms with Gasteiger partial charge in [0, 0.05) is 12.0 Å². The molecule has 0 radical (unpaired) electrons. The average Bonchev–Trinajstić information content (AvgIpc) is 2.94. The van der Waals surface area contributed by atoms with Crippen molar-refractivity contribution < 1.29 is 58.9 Å². The van der Waals surface area contributed by atoms with Crippen molar-refractivity contribution in [3.63, 3.8) is 0 Å². The normalized spacial score (nSPS) is 28.5. The largest absolute Gasteiger partial charge is 0.508 e. The van der Waals surface area contributed by atoms with Crippen LogP contribution < -0.4 is 4.74 Å². The maximum absolute atomic E-state index is 12.5. The first-order chi connectivity index (χ1) is 18.6. The van der Waals surface area contributed by atoms with Gasteiger partial charge < -0.3 is 44.5 Å². The predicted octanol–water partition coefficient (Wildman–Crippen LogP) is 0.129. The number of aromatic hydroxyl groups is 1. The van der Waals surface area contributed by atoms with E-state index in [1.54, 1.807) is 18.2 Å². The highest BCUT2D eigenvalue weighted by Gasteiger charge is 2.48. The van der Waals surface area contributed by atoms with Crippen molar-refractivity contribution in [2.45, 2.75) is 55.8 Å². The molecule has 2 aliphatic rings. The molecule has 1 saturated heterocycles. The monoisotopic (exact) mass is 544 g/mol. The highest BCUT2D eigenvalue weighted by molar-refractivity contribution is 6.09. The number of carbonyl (C=O) groups is 3. The molecule has 12 nitrogen and oxygen atoms in total. The number of phenols is 1. The van der Waals surface area contributed by atoms with Gasteiger partial charge >= 0.3 is 11.9 Å². The number of aliphatic hydroxyl groups excluding tert-OH is 3. The summed E-state index contributed by atoms with van der Waals surface area (Å²) in [5.41, 5.74) is -2.17. The van der Waals surface area contributed by atoms with Crippen LogP contribution in [0.5, 0.6) is 11.5 Å². The van der Waals surface area contributed by atoms with Crippen LogP contribution in [0.25, 0.3) is 0 Å². The van der Waals surface area contributed by atoms with Crippen molar-refractivity contribution in [1.82, 2.24) is 0 Å². The van der Waals surface area contributed by atoms with Crippen molar-refractivity contribution in [2.24, 2.45) is 0 Å². The molecule has 208 valence electrons. The number of hydrogen-bond acceptors (Lipinski definition) is 12. The maximum Gasteiger partial charge on any atom is 0.350 e. The lowest BCUT2D eigenvalue weighted by molar-refractivity contribution is -0.277. The minimum Gasteiger partial charge on any atom is -0.508 e. The number of aliphatic hydroxyl groups is 4. The van der Waals surface area contributed by atoms with Gasteiger partial charge in [-0.2, -0.15) is 0 Å². The molecule has 12 heteroatoms. The SMILES string of the molecule is O=C(O[C@H]1[C@@H](O)[C@@H](O)[C@H](Oc2ccc(O)cc2COC(=O)[C@@]2(O)C=CCCC2=O)O[C@@H]1CO)c1ccccc1. The highest BCUT2D eigenvalue weighted by atomic mass is 16.7. The minimum absolute atomic E-state index is 0.0322. The van der Waals surface area contributed by atoms with E-state index in [9.17, 15) is 39.9 Å². The molecular formula is C27H28O12. The lowest BCUT2D eigenvalue weighted by Gasteiger charge is -2.41. The number of phenolic OH excluding ortho intramolecular Hbond substituents is 1. The third kappa shape index (κ3) is 6.10. The molecule has 0 bridgehead atoms. The van der Waals surface area contributed by atoms with Crippen LogP contribution in [0.3, 0.4) is 0 Å². The Hall–Kier alpha value is -3.81. The number of benzene rings is 2. The number of allylic oxidation sites excluding steroid dienone is 1. The zero-order chi connectivity index (χ0) is 28.2. The van der Waals surface area contributed by atoms with Gasteiger partial charge in [-0.1, -0.05) is 24.3 Å². The van der Waals surface area contributed by atoms with E-state index >= 15 is 0 Å². The molecule has 2 aromatic rings. The Morgan fingerprint density at radius 3 is 2.51 bits per heavy atom. The third-order valence-corrected chi connectivity index (χ3v) is 6.35. The van der Waals surface area contributed by atoms with Crippen LogP contribution in [0.1, 0.15) is 28.8 Å². The van der Waals surface area contributed by atoms with Gasteiger partial charge in [0.25, 0.3) is 0 Å². The zero-order valence-electron chi connectivity index (χ0n) is 20.6. The number of hydrogen-bond donors (Lipinski definition) is 5. The summed E-state index contributed by atoms with van der Waals surface area (Å²) in [5, 5.41) is 51.5. The molecular weight excluding hydrogens is 516 g/mol. The summed E-state index contributed by atoms with van der Waals surface area (Å²) in [6.45, 7) is -1.24. The number of ketones is 1.